The van der Waals surface area contributed by atoms with Gasteiger partial charge in [0.25, 0.3) is 5.91 Å². The van der Waals surface area contributed by atoms with Gasteiger partial charge in [-0.05, 0) is 17.7 Å². The maximum atomic E-state index is 15.1. The van der Waals surface area contributed by atoms with Crippen molar-refractivity contribution in [1.82, 2.24) is 14.5 Å². The van der Waals surface area contributed by atoms with E-state index < -0.39 is 28.6 Å². The summed E-state index contributed by atoms with van der Waals surface area (Å²) in [4.78, 5) is 11.4. The topological polar surface area (TPSA) is 87.5 Å². The van der Waals surface area contributed by atoms with Gasteiger partial charge >= 0.3 is 0 Å². The minimum atomic E-state index is -1.94. The van der Waals surface area contributed by atoms with Crippen LogP contribution in [-0.2, 0) is 22.5 Å². The average Bonchev–Trinajstić information content (AvgIpc) is 3.22. The number of phenols is 1. The summed E-state index contributed by atoms with van der Waals surface area (Å²) in [6, 6.07) is 12.4. The van der Waals surface area contributed by atoms with Crippen LogP contribution in [0.2, 0.25) is 0 Å². The molecule has 2 aromatic carbocycles. The number of benzene rings is 2. The minimum Gasteiger partial charge on any atom is -0.506 e. The van der Waals surface area contributed by atoms with Crippen molar-refractivity contribution in [3.05, 3.63) is 66.2 Å². The Bertz CT molecular complexity index is 1040. The molecule has 1 amide bonds. The summed E-state index contributed by atoms with van der Waals surface area (Å²) < 4.78 is 31.9. The van der Waals surface area contributed by atoms with Gasteiger partial charge in [-0.25, -0.2) is 8.60 Å². The van der Waals surface area contributed by atoms with E-state index in [0.717, 1.165) is 9.87 Å². The summed E-state index contributed by atoms with van der Waals surface area (Å²) in [6.45, 7) is 0.232. The Kier molecular flexibility index (Phi) is 4.36. The van der Waals surface area contributed by atoms with Gasteiger partial charge < -0.3 is 5.11 Å². The molecule has 0 radical (unpaired) electrons. The number of nitrogens with zero attached hydrogens (tertiary/aromatic N) is 3. The summed E-state index contributed by atoms with van der Waals surface area (Å²) in [5, 5.41) is 14.3. The van der Waals surface area contributed by atoms with Gasteiger partial charge in [0.15, 0.2) is 5.82 Å². The zero-order chi connectivity index (χ0) is 19.0. The Labute approximate surface area is 156 Å². The molecule has 138 valence electrons. The van der Waals surface area contributed by atoms with Crippen molar-refractivity contribution in [2.24, 2.45) is 0 Å². The van der Waals surface area contributed by atoms with E-state index in [0.29, 0.717) is 12.1 Å². The third-order valence-corrected chi connectivity index (χ3v) is 5.28. The molecule has 2 N–H and O–H groups in total. The molecule has 0 aliphatic carbocycles. The summed E-state index contributed by atoms with van der Waals surface area (Å²) in [5.41, 5.74) is 1.48. The molecule has 0 spiro atoms. The van der Waals surface area contributed by atoms with Crippen LogP contribution in [-0.4, -0.2) is 31.5 Å². The zero-order valence-electron chi connectivity index (χ0n) is 14.0. The first-order chi connectivity index (χ1) is 13.0. The molecule has 9 heteroatoms. The van der Waals surface area contributed by atoms with Crippen LogP contribution in [0.25, 0.3) is 11.1 Å². The third-order valence-electron chi connectivity index (χ3n) is 4.16. The molecule has 27 heavy (non-hydrogen) atoms. The molecule has 3 aromatic rings. The second kappa shape index (κ2) is 6.84. The lowest BCUT2D eigenvalue weighted by Crippen LogP contribution is -2.23. The second-order valence-corrected chi connectivity index (χ2v) is 7.16. The molecular formula is C18H15FN4O3S. The van der Waals surface area contributed by atoms with Crippen LogP contribution in [0.1, 0.15) is 5.56 Å². The number of nitrogens with one attached hydrogen (secondary N) is 1. The lowest BCUT2D eigenvalue weighted by molar-refractivity contribution is -0.117. The molecule has 1 aromatic heterocycles. The molecule has 1 saturated heterocycles. The number of amides is 1. The molecule has 0 bridgehead atoms. The Morgan fingerprint density at radius 1 is 1.22 bits per heavy atom. The lowest BCUT2D eigenvalue weighted by Gasteiger charge is -2.17. The van der Waals surface area contributed by atoms with E-state index in [1.807, 2.05) is 30.3 Å². The fourth-order valence-corrected chi connectivity index (χ4v) is 3.85. The first kappa shape index (κ1) is 17.2. The fraction of sp³-hybridized carbons (Fsp3) is 0.111. The predicted octanol–water partition coefficient (Wildman–Crippen LogP) is 1.96. The van der Waals surface area contributed by atoms with Gasteiger partial charge in [-0.1, -0.05) is 30.3 Å². The first-order valence-corrected chi connectivity index (χ1v) is 9.21. The van der Waals surface area contributed by atoms with E-state index in [9.17, 15) is 14.1 Å². The predicted molar refractivity (Wildman–Crippen MR) is 98.5 cm³/mol. The van der Waals surface area contributed by atoms with Crippen LogP contribution >= 0.6 is 0 Å². The molecule has 7 nitrogen and oxygen atoms in total. The van der Waals surface area contributed by atoms with E-state index in [1.165, 1.54) is 18.3 Å². The highest BCUT2D eigenvalue weighted by Crippen LogP contribution is 2.37. The van der Waals surface area contributed by atoms with Crippen molar-refractivity contribution in [2.45, 2.75) is 6.54 Å². The van der Waals surface area contributed by atoms with E-state index >= 15 is 4.39 Å². The van der Waals surface area contributed by atoms with Gasteiger partial charge in [-0.2, -0.15) is 5.10 Å². The highest BCUT2D eigenvalue weighted by Gasteiger charge is 2.32. The summed E-state index contributed by atoms with van der Waals surface area (Å²) in [6.07, 6.45) is 3.21. The molecule has 2 heterocycles. The van der Waals surface area contributed by atoms with Gasteiger partial charge in [0, 0.05) is 17.3 Å². The molecule has 1 fully saturated rings. The van der Waals surface area contributed by atoms with Gasteiger partial charge in [-0.15, -0.1) is 0 Å². The SMILES string of the molecule is O=C1CN(c2c(O)ccc(-c3cnn(Cc4ccccc4)c3)c2F)S(=O)N1. The molecule has 1 aliphatic heterocycles. The van der Waals surface area contributed by atoms with Crippen LogP contribution in [0.3, 0.4) is 0 Å². The van der Waals surface area contributed by atoms with Crippen molar-refractivity contribution >= 4 is 22.8 Å². The fourth-order valence-electron chi connectivity index (χ4n) is 2.91. The number of hydrogen-bond donors (Lipinski definition) is 2. The number of carbonyl (C=O) groups is 1. The van der Waals surface area contributed by atoms with Crippen LogP contribution in [0.5, 0.6) is 5.75 Å². The lowest BCUT2D eigenvalue weighted by atomic mass is 10.1. The number of hydrogen-bond acceptors (Lipinski definition) is 4. The number of aromatic nitrogens is 2. The van der Waals surface area contributed by atoms with Gasteiger partial charge in [0.05, 0.1) is 12.7 Å². The van der Waals surface area contributed by atoms with Gasteiger partial charge in [0.1, 0.15) is 18.0 Å². The normalized spacial score (nSPS) is 16.6. The largest absolute Gasteiger partial charge is 0.506 e. The van der Waals surface area contributed by atoms with Crippen molar-refractivity contribution in [2.75, 3.05) is 10.8 Å². The second-order valence-electron chi connectivity index (χ2n) is 6.02. The minimum absolute atomic E-state index is 0.193. The summed E-state index contributed by atoms with van der Waals surface area (Å²) >= 11 is -1.94. The van der Waals surface area contributed by atoms with E-state index in [1.54, 1.807) is 10.9 Å². The first-order valence-electron chi connectivity index (χ1n) is 8.10. The van der Waals surface area contributed by atoms with Crippen LogP contribution < -0.4 is 9.03 Å². The number of aromatic hydroxyl groups is 1. The van der Waals surface area contributed by atoms with Crippen molar-refractivity contribution < 1.29 is 18.5 Å². The van der Waals surface area contributed by atoms with E-state index in [-0.39, 0.29) is 17.8 Å². The van der Waals surface area contributed by atoms with E-state index in [2.05, 4.69) is 9.82 Å². The molecule has 0 saturated carbocycles. The Hall–Kier alpha value is -3.20. The van der Waals surface area contributed by atoms with Crippen molar-refractivity contribution in [3.63, 3.8) is 0 Å². The van der Waals surface area contributed by atoms with Crippen LogP contribution in [0.15, 0.2) is 54.9 Å². The van der Waals surface area contributed by atoms with E-state index in [4.69, 9.17) is 0 Å². The third kappa shape index (κ3) is 3.28. The molecule has 1 unspecified atom stereocenters. The molecule has 1 aliphatic rings. The Balaban J connectivity index is 1.68. The standard InChI is InChI=1S/C18H15FN4O3S/c19-17-14(6-7-15(24)18(17)23-11-16(25)21-27(23)26)13-8-20-22(10-13)9-12-4-2-1-3-5-12/h1-8,10,24H,9,11H2,(H,21,25). The average molecular weight is 386 g/mol. The number of rotatable bonds is 4. The van der Waals surface area contributed by atoms with Crippen molar-refractivity contribution in [1.29, 1.82) is 0 Å². The molecular weight excluding hydrogens is 371 g/mol. The molecule has 1 atom stereocenters. The number of halogens is 1. The maximum absolute atomic E-state index is 15.1. The Morgan fingerprint density at radius 3 is 2.70 bits per heavy atom. The summed E-state index contributed by atoms with van der Waals surface area (Å²) in [7, 11) is 0. The molecule has 4 rings (SSSR count). The summed E-state index contributed by atoms with van der Waals surface area (Å²) in [5.74, 6) is -1.66. The highest BCUT2D eigenvalue weighted by molar-refractivity contribution is 7.85. The Morgan fingerprint density at radius 2 is 2.00 bits per heavy atom. The zero-order valence-corrected chi connectivity index (χ0v) is 14.8. The van der Waals surface area contributed by atoms with Gasteiger partial charge in [-0.3, -0.25) is 18.5 Å². The quantitative estimate of drug-likeness (QED) is 0.718. The number of phenolic OH excluding ortho intramolecular Hbond substituents is 1. The van der Waals surface area contributed by atoms with Crippen LogP contribution in [0.4, 0.5) is 10.1 Å². The maximum Gasteiger partial charge on any atom is 0.253 e. The monoisotopic (exact) mass is 386 g/mol. The highest BCUT2D eigenvalue weighted by atomic mass is 32.2. The van der Waals surface area contributed by atoms with Crippen LogP contribution in [0, 0.1) is 5.82 Å². The number of anilines is 1. The smallest absolute Gasteiger partial charge is 0.253 e. The number of carbonyl (C=O) groups excluding carboxylic acids is 1. The van der Waals surface area contributed by atoms with Gasteiger partial charge in [0.2, 0.25) is 11.2 Å². The van der Waals surface area contributed by atoms with Crippen molar-refractivity contribution in [3.8, 4) is 16.9 Å².